The minimum atomic E-state index is -0.0971. The molecule has 2 aromatic rings. The van der Waals surface area contributed by atoms with E-state index in [1.165, 1.54) is 0 Å². The highest BCUT2D eigenvalue weighted by Crippen LogP contribution is 2.26. The van der Waals surface area contributed by atoms with E-state index in [0.717, 1.165) is 35.7 Å². The van der Waals surface area contributed by atoms with Crippen LogP contribution in [-0.2, 0) is 9.53 Å². The van der Waals surface area contributed by atoms with Gasteiger partial charge in [-0.05, 0) is 36.8 Å². The molecular weight excluding hydrogens is 338 g/mol. The molecule has 1 saturated heterocycles. The smallest absolute Gasteiger partial charge is 0.243 e. The molecule has 0 unspecified atom stereocenters. The Morgan fingerprint density at radius 1 is 1.12 bits per heavy atom. The van der Waals surface area contributed by atoms with Gasteiger partial charge < -0.3 is 20.3 Å². The van der Waals surface area contributed by atoms with Crippen molar-refractivity contribution >= 4 is 34.6 Å². The van der Waals surface area contributed by atoms with Crippen LogP contribution in [0.15, 0.2) is 42.5 Å². The highest BCUT2D eigenvalue weighted by Gasteiger charge is 2.15. The van der Waals surface area contributed by atoms with Crippen LogP contribution in [0.4, 0.5) is 17.1 Å². The first-order chi connectivity index (χ1) is 12.1. The number of morpholine rings is 1. The summed E-state index contributed by atoms with van der Waals surface area (Å²) >= 11 is 6.11. The normalized spacial score (nSPS) is 14.2. The van der Waals surface area contributed by atoms with E-state index in [0.29, 0.717) is 18.2 Å². The molecule has 0 radical (unpaired) electrons. The molecule has 1 fully saturated rings. The van der Waals surface area contributed by atoms with Gasteiger partial charge in [0.15, 0.2) is 0 Å². The topological polar surface area (TPSA) is 53.6 Å². The van der Waals surface area contributed by atoms with E-state index in [1.807, 2.05) is 49.4 Å². The fraction of sp³-hybridized carbons (Fsp3) is 0.316. The predicted molar refractivity (Wildman–Crippen MR) is 103 cm³/mol. The number of carbonyl (C=O) groups is 1. The molecule has 0 aliphatic carbocycles. The second kappa shape index (κ2) is 8.23. The van der Waals surface area contributed by atoms with E-state index in [2.05, 4.69) is 15.5 Å². The van der Waals surface area contributed by atoms with E-state index in [9.17, 15) is 4.79 Å². The summed E-state index contributed by atoms with van der Waals surface area (Å²) in [7, 11) is 0. The fourth-order valence-electron chi connectivity index (χ4n) is 2.83. The summed E-state index contributed by atoms with van der Waals surface area (Å²) in [5.41, 5.74) is 3.65. The lowest BCUT2D eigenvalue weighted by Gasteiger charge is -2.30. The second-order valence-corrected chi connectivity index (χ2v) is 6.34. The van der Waals surface area contributed by atoms with Gasteiger partial charge >= 0.3 is 0 Å². The zero-order valence-corrected chi connectivity index (χ0v) is 15.0. The zero-order valence-electron chi connectivity index (χ0n) is 14.2. The molecule has 3 rings (SSSR count). The van der Waals surface area contributed by atoms with E-state index < -0.39 is 0 Å². The number of rotatable bonds is 5. The van der Waals surface area contributed by atoms with Crippen molar-refractivity contribution < 1.29 is 9.53 Å². The van der Waals surface area contributed by atoms with E-state index in [1.54, 1.807) is 0 Å². The van der Waals surface area contributed by atoms with Crippen LogP contribution in [0.5, 0.6) is 0 Å². The molecule has 0 atom stereocenters. The van der Waals surface area contributed by atoms with E-state index in [4.69, 9.17) is 16.3 Å². The van der Waals surface area contributed by atoms with Crippen molar-refractivity contribution in [3.63, 3.8) is 0 Å². The van der Waals surface area contributed by atoms with Gasteiger partial charge in [0.05, 0.1) is 31.1 Å². The standard InChI is InChI=1S/C19H22ClN3O2/c1-14-15(20)5-4-7-16(14)21-13-19(24)22-17-6-2-3-8-18(17)23-9-11-25-12-10-23/h2-8,21H,9-13H2,1H3,(H,22,24). The highest BCUT2D eigenvalue weighted by molar-refractivity contribution is 6.31. The van der Waals surface area contributed by atoms with Crippen molar-refractivity contribution in [3.8, 4) is 0 Å². The number of carbonyl (C=O) groups excluding carboxylic acids is 1. The van der Waals surface area contributed by atoms with Crippen molar-refractivity contribution in [1.82, 2.24) is 0 Å². The first-order valence-electron chi connectivity index (χ1n) is 8.35. The van der Waals surface area contributed by atoms with Crippen LogP contribution in [0, 0.1) is 6.92 Å². The van der Waals surface area contributed by atoms with E-state index in [-0.39, 0.29) is 12.5 Å². The SMILES string of the molecule is Cc1c(Cl)cccc1NCC(=O)Nc1ccccc1N1CCOCC1. The van der Waals surface area contributed by atoms with Crippen molar-refractivity contribution in [3.05, 3.63) is 53.1 Å². The van der Waals surface area contributed by atoms with Gasteiger partial charge in [0.1, 0.15) is 0 Å². The number of hydrogen-bond acceptors (Lipinski definition) is 4. The van der Waals surface area contributed by atoms with Crippen LogP contribution < -0.4 is 15.5 Å². The van der Waals surface area contributed by atoms with Crippen LogP contribution in [0.2, 0.25) is 5.02 Å². The first-order valence-corrected chi connectivity index (χ1v) is 8.73. The molecule has 0 saturated carbocycles. The van der Waals surface area contributed by atoms with Gasteiger partial charge in [0, 0.05) is 23.8 Å². The Hall–Kier alpha value is -2.24. The quantitative estimate of drug-likeness (QED) is 0.857. The lowest BCUT2D eigenvalue weighted by Crippen LogP contribution is -2.37. The Bertz CT molecular complexity index is 745. The van der Waals surface area contributed by atoms with Crippen LogP contribution in [-0.4, -0.2) is 38.8 Å². The van der Waals surface area contributed by atoms with Crippen LogP contribution >= 0.6 is 11.6 Å². The summed E-state index contributed by atoms with van der Waals surface area (Å²) in [4.78, 5) is 14.6. The molecule has 2 N–H and O–H groups in total. The number of ether oxygens (including phenoxy) is 1. The summed E-state index contributed by atoms with van der Waals surface area (Å²) < 4.78 is 5.40. The van der Waals surface area contributed by atoms with Gasteiger partial charge in [-0.1, -0.05) is 29.8 Å². The highest BCUT2D eigenvalue weighted by atomic mass is 35.5. The molecule has 1 aliphatic heterocycles. The molecule has 6 heteroatoms. The minimum Gasteiger partial charge on any atom is -0.378 e. The Kier molecular flexibility index (Phi) is 5.79. The van der Waals surface area contributed by atoms with Crippen molar-refractivity contribution in [2.75, 3.05) is 48.4 Å². The Morgan fingerprint density at radius 2 is 1.84 bits per heavy atom. The summed E-state index contributed by atoms with van der Waals surface area (Å²) in [6.07, 6.45) is 0. The summed E-state index contributed by atoms with van der Waals surface area (Å²) in [5, 5.41) is 6.82. The van der Waals surface area contributed by atoms with Gasteiger partial charge in [0.2, 0.25) is 5.91 Å². The number of hydrogen-bond donors (Lipinski definition) is 2. The maximum Gasteiger partial charge on any atom is 0.243 e. The lowest BCUT2D eigenvalue weighted by molar-refractivity contribution is -0.114. The maximum absolute atomic E-state index is 12.4. The van der Waals surface area contributed by atoms with Gasteiger partial charge in [-0.15, -0.1) is 0 Å². The number of nitrogens with zero attached hydrogens (tertiary/aromatic N) is 1. The Labute approximate surface area is 152 Å². The van der Waals surface area contributed by atoms with Gasteiger partial charge in [-0.2, -0.15) is 0 Å². The molecule has 2 aromatic carbocycles. The Balaban J connectivity index is 1.64. The molecule has 0 spiro atoms. The number of halogens is 1. The van der Waals surface area contributed by atoms with Gasteiger partial charge in [-0.25, -0.2) is 0 Å². The average molecular weight is 360 g/mol. The number of benzene rings is 2. The van der Waals surface area contributed by atoms with Crippen molar-refractivity contribution in [1.29, 1.82) is 0 Å². The minimum absolute atomic E-state index is 0.0971. The number of para-hydroxylation sites is 2. The molecule has 5 nitrogen and oxygen atoms in total. The van der Waals surface area contributed by atoms with Crippen LogP contribution in [0.25, 0.3) is 0 Å². The molecule has 132 valence electrons. The predicted octanol–water partition coefficient (Wildman–Crippen LogP) is 3.54. The molecular formula is C19H22ClN3O2. The fourth-order valence-corrected chi connectivity index (χ4v) is 3.00. The number of amides is 1. The average Bonchev–Trinajstić information content (AvgIpc) is 2.64. The third-order valence-corrected chi connectivity index (χ3v) is 4.65. The summed E-state index contributed by atoms with van der Waals surface area (Å²) in [5.74, 6) is -0.0971. The van der Waals surface area contributed by atoms with Gasteiger partial charge in [-0.3, -0.25) is 4.79 Å². The van der Waals surface area contributed by atoms with Crippen LogP contribution in [0.1, 0.15) is 5.56 Å². The van der Waals surface area contributed by atoms with Gasteiger partial charge in [0.25, 0.3) is 0 Å². The molecule has 1 aliphatic rings. The zero-order chi connectivity index (χ0) is 17.6. The molecule has 1 amide bonds. The lowest BCUT2D eigenvalue weighted by atomic mass is 10.2. The third kappa shape index (κ3) is 4.44. The number of anilines is 3. The third-order valence-electron chi connectivity index (χ3n) is 4.24. The van der Waals surface area contributed by atoms with Crippen molar-refractivity contribution in [2.45, 2.75) is 6.92 Å². The van der Waals surface area contributed by atoms with Crippen molar-refractivity contribution in [2.24, 2.45) is 0 Å². The maximum atomic E-state index is 12.4. The molecule has 0 aromatic heterocycles. The summed E-state index contributed by atoms with van der Waals surface area (Å²) in [6.45, 7) is 5.17. The first kappa shape index (κ1) is 17.6. The monoisotopic (exact) mass is 359 g/mol. The molecule has 1 heterocycles. The van der Waals surface area contributed by atoms with Crippen LogP contribution in [0.3, 0.4) is 0 Å². The second-order valence-electron chi connectivity index (χ2n) is 5.93. The number of nitrogens with one attached hydrogen (secondary N) is 2. The Morgan fingerprint density at radius 3 is 2.64 bits per heavy atom. The van der Waals surface area contributed by atoms with E-state index >= 15 is 0 Å². The summed E-state index contributed by atoms with van der Waals surface area (Å²) in [6, 6.07) is 13.5. The molecule has 0 bridgehead atoms. The molecule has 25 heavy (non-hydrogen) atoms. The largest absolute Gasteiger partial charge is 0.378 e.